The number of nitrogens with zero attached hydrogens (tertiary/aromatic N) is 2. The van der Waals surface area contributed by atoms with Crippen LogP contribution < -0.4 is 15.9 Å². The van der Waals surface area contributed by atoms with Crippen LogP contribution in [0.4, 0.5) is 0 Å². The van der Waals surface area contributed by atoms with Gasteiger partial charge in [0.05, 0.1) is 11.0 Å². The van der Waals surface area contributed by atoms with E-state index in [1.807, 2.05) is 0 Å². The Bertz CT molecular complexity index is 2840. The summed E-state index contributed by atoms with van der Waals surface area (Å²) in [6.07, 6.45) is 5.69. The molecule has 2 aromatic heterocycles. The number of imidazole rings is 1. The van der Waals surface area contributed by atoms with Crippen molar-refractivity contribution in [2.75, 3.05) is 0 Å². The molecular weight excluding hydrogens is 644 g/mol. The average Bonchev–Trinajstić information content (AvgIpc) is 3.57. The smallest absolute Gasteiger partial charge is 0.146 e. The first-order valence-electron chi connectivity index (χ1n) is 17.3. The molecule has 1 aliphatic rings. The minimum Gasteiger partial charge on any atom is -0.295 e. The van der Waals surface area contributed by atoms with Crippen LogP contribution in [-0.2, 0) is 11.8 Å². The summed E-state index contributed by atoms with van der Waals surface area (Å²) < 4.78 is 2.41. The Labute approximate surface area is 296 Å². The Morgan fingerprint density at radius 3 is 2.04 bits per heavy atom. The highest BCUT2D eigenvalue weighted by atomic mass is 32.4. The fourth-order valence-electron chi connectivity index (χ4n) is 8.25. The number of allylic oxidation sites excluding steroid dienone is 1. The van der Waals surface area contributed by atoms with E-state index in [2.05, 4.69) is 175 Å². The molecule has 0 saturated carbocycles. The number of fused-ring (bicyclic) bond motifs is 10. The number of benzene rings is 7. The molecule has 7 aromatic carbocycles. The number of hydrogen-bond donors (Lipinski definition) is 0. The Morgan fingerprint density at radius 1 is 0.640 bits per heavy atom. The van der Waals surface area contributed by atoms with Crippen molar-refractivity contribution in [3.63, 3.8) is 0 Å². The van der Waals surface area contributed by atoms with Crippen molar-refractivity contribution in [2.45, 2.75) is 19.3 Å². The normalized spacial score (nSPS) is 14.6. The van der Waals surface area contributed by atoms with Crippen molar-refractivity contribution in [3.8, 4) is 11.1 Å². The van der Waals surface area contributed by atoms with E-state index in [9.17, 15) is 0 Å². The molecule has 0 spiro atoms. The molecule has 0 bridgehead atoms. The van der Waals surface area contributed by atoms with E-state index in [0.29, 0.717) is 5.92 Å². The summed E-state index contributed by atoms with van der Waals surface area (Å²) in [6.45, 7) is 2.34. The minimum absolute atomic E-state index is 0.384. The van der Waals surface area contributed by atoms with E-state index in [1.54, 1.807) is 0 Å². The van der Waals surface area contributed by atoms with Gasteiger partial charge in [0.15, 0.2) is 0 Å². The fourth-order valence-corrected chi connectivity index (χ4v) is 12.3. The van der Waals surface area contributed by atoms with Crippen LogP contribution >= 0.6 is 6.04 Å². The molecule has 50 heavy (non-hydrogen) atoms. The molecule has 2 heterocycles. The Balaban J connectivity index is 1.28. The summed E-state index contributed by atoms with van der Waals surface area (Å²) >= 11 is 6.92. The van der Waals surface area contributed by atoms with E-state index < -0.39 is 6.04 Å². The van der Waals surface area contributed by atoms with Gasteiger partial charge >= 0.3 is 0 Å². The van der Waals surface area contributed by atoms with Gasteiger partial charge < -0.3 is 0 Å². The van der Waals surface area contributed by atoms with Gasteiger partial charge in [-0.15, -0.1) is 0 Å². The molecule has 0 aliphatic heterocycles. The molecule has 238 valence electrons. The van der Waals surface area contributed by atoms with Crippen molar-refractivity contribution in [2.24, 2.45) is 0 Å². The lowest BCUT2D eigenvalue weighted by Gasteiger charge is -2.27. The Kier molecular flexibility index (Phi) is 6.71. The van der Waals surface area contributed by atoms with Gasteiger partial charge in [0.25, 0.3) is 0 Å². The molecule has 4 heteroatoms. The van der Waals surface area contributed by atoms with Crippen LogP contribution in [0.15, 0.2) is 158 Å². The van der Waals surface area contributed by atoms with E-state index in [4.69, 9.17) is 16.8 Å². The molecule has 0 radical (unpaired) electrons. The summed E-state index contributed by atoms with van der Waals surface area (Å²) in [7, 11) is 0. The second kappa shape index (κ2) is 11.4. The van der Waals surface area contributed by atoms with Crippen LogP contribution in [0, 0.1) is 0 Å². The molecular formula is C46H33N2PS. The van der Waals surface area contributed by atoms with Crippen molar-refractivity contribution in [1.82, 2.24) is 9.38 Å². The zero-order valence-electron chi connectivity index (χ0n) is 27.6. The van der Waals surface area contributed by atoms with Gasteiger partial charge in [-0.25, -0.2) is 4.98 Å². The van der Waals surface area contributed by atoms with Gasteiger partial charge in [-0.1, -0.05) is 146 Å². The molecule has 10 rings (SSSR count). The molecule has 0 N–H and O–H groups in total. The van der Waals surface area contributed by atoms with Crippen LogP contribution in [0.2, 0.25) is 0 Å². The molecule has 1 atom stereocenters. The van der Waals surface area contributed by atoms with E-state index in [0.717, 1.165) is 17.6 Å². The number of hydrogen-bond acceptors (Lipinski definition) is 2. The SMILES string of the molecule is CC1CC=Cc2c1n1c3ccccc3nc1c1ccc(-c3ccc(P(=S)(c4ccccc4)c4ccccc4)c4cc5ccccc5cc34)cc21. The Hall–Kier alpha value is -5.34. The van der Waals surface area contributed by atoms with Crippen molar-refractivity contribution >= 4 is 88.8 Å². The lowest BCUT2D eigenvalue weighted by atomic mass is 9.88. The van der Waals surface area contributed by atoms with Crippen LogP contribution in [0.25, 0.3) is 66.2 Å². The Morgan fingerprint density at radius 2 is 1.30 bits per heavy atom. The third-order valence-electron chi connectivity index (χ3n) is 10.6. The highest BCUT2D eigenvalue weighted by molar-refractivity contribution is 8.25. The van der Waals surface area contributed by atoms with Gasteiger partial charge in [-0.3, -0.25) is 4.40 Å². The summed E-state index contributed by atoms with van der Waals surface area (Å²) in [6, 6.07) is 52.7. The first kappa shape index (κ1) is 29.6. The second-order valence-corrected chi connectivity index (χ2v) is 17.9. The fraction of sp³-hybridized carbons (Fsp3) is 0.0652. The van der Waals surface area contributed by atoms with E-state index in [1.165, 1.54) is 76.1 Å². The summed E-state index contributed by atoms with van der Waals surface area (Å²) in [5.41, 5.74) is 8.30. The van der Waals surface area contributed by atoms with Crippen LogP contribution in [-0.4, -0.2) is 9.38 Å². The lowest BCUT2D eigenvalue weighted by Crippen LogP contribution is -2.25. The molecule has 1 unspecified atom stereocenters. The first-order valence-corrected chi connectivity index (χ1v) is 20.1. The number of para-hydroxylation sites is 2. The van der Waals surface area contributed by atoms with Gasteiger partial charge in [0, 0.05) is 33.9 Å². The molecule has 0 fully saturated rings. The third kappa shape index (κ3) is 4.34. The summed E-state index contributed by atoms with van der Waals surface area (Å²) in [5.74, 6) is 0.384. The van der Waals surface area contributed by atoms with Gasteiger partial charge in [-0.2, -0.15) is 0 Å². The molecule has 0 amide bonds. The lowest BCUT2D eigenvalue weighted by molar-refractivity contribution is 0.733. The van der Waals surface area contributed by atoms with E-state index in [-0.39, 0.29) is 0 Å². The first-order chi connectivity index (χ1) is 24.6. The maximum Gasteiger partial charge on any atom is 0.146 e. The van der Waals surface area contributed by atoms with Crippen molar-refractivity contribution in [3.05, 3.63) is 169 Å². The maximum absolute atomic E-state index is 6.92. The monoisotopic (exact) mass is 676 g/mol. The molecule has 2 nitrogen and oxygen atoms in total. The molecule has 0 saturated heterocycles. The van der Waals surface area contributed by atoms with Crippen LogP contribution in [0.5, 0.6) is 0 Å². The highest BCUT2D eigenvalue weighted by Gasteiger charge is 2.28. The average molecular weight is 677 g/mol. The van der Waals surface area contributed by atoms with Gasteiger partial charge in [0.2, 0.25) is 0 Å². The van der Waals surface area contributed by atoms with Crippen molar-refractivity contribution < 1.29 is 0 Å². The predicted octanol–water partition coefficient (Wildman–Crippen LogP) is 10.9. The van der Waals surface area contributed by atoms with Crippen molar-refractivity contribution in [1.29, 1.82) is 0 Å². The quantitative estimate of drug-likeness (QED) is 0.136. The second-order valence-electron chi connectivity index (χ2n) is 13.5. The maximum atomic E-state index is 6.92. The van der Waals surface area contributed by atoms with E-state index >= 15 is 0 Å². The number of rotatable bonds is 4. The summed E-state index contributed by atoms with van der Waals surface area (Å²) in [4.78, 5) is 5.20. The number of pyridine rings is 1. The summed E-state index contributed by atoms with van der Waals surface area (Å²) in [5, 5.41) is 11.0. The standard InChI is InChI=1S/C46H33N2PS/c1-30-13-12-20-37-40-29-33(23-24-38(40)46-47-42-21-10-11-22-43(42)48(46)45(30)37)36-25-26-44(41-28-32-15-9-8-14-31(32)27-39(36)41)49(50,34-16-4-2-5-17-34)35-18-6-3-7-19-35/h2-12,14-30H,13H2,1H3. The minimum atomic E-state index is -2.40. The predicted molar refractivity (Wildman–Crippen MR) is 219 cm³/mol. The topological polar surface area (TPSA) is 17.3 Å². The van der Waals surface area contributed by atoms with Gasteiger partial charge in [0.1, 0.15) is 5.65 Å². The van der Waals surface area contributed by atoms with Gasteiger partial charge in [-0.05, 0) is 91.5 Å². The number of aromatic nitrogens is 2. The zero-order chi connectivity index (χ0) is 33.4. The molecule has 9 aromatic rings. The van der Waals surface area contributed by atoms with Crippen LogP contribution in [0.1, 0.15) is 30.5 Å². The highest BCUT2D eigenvalue weighted by Crippen LogP contribution is 2.47. The zero-order valence-corrected chi connectivity index (χ0v) is 29.3. The molecule has 1 aliphatic carbocycles. The third-order valence-corrected chi connectivity index (χ3v) is 15.6. The largest absolute Gasteiger partial charge is 0.295 e. The van der Waals surface area contributed by atoms with Crippen LogP contribution in [0.3, 0.4) is 0 Å².